The Balaban J connectivity index is 1.70. The maximum absolute atomic E-state index is 12.9. The van der Waals surface area contributed by atoms with Crippen molar-refractivity contribution < 1.29 is 18.4 Å². The van der Waals surface area contributed by atoms with Gasteiger partial charge in [0.2, 0.25) is 5.91 Å². The number of hydrogen-bond donors (Lipinski definition) is 2. The largest absolute Gasteiger partial charge is 0.324 e. The lowest BCUT2D eigenvalue weighted by Gasteiger charge is -2.15. The Bertz CT molecular complexity index is 1060. The van der Waals surface area contributed by atoms with E-state index >= 15 is 0 Å². The van der Waals surface area contributed by atoms with Gasteiger partial charge in [0, 0.05) is 29.8 Å². The van der Waals surface area contributed by atoms with Crippen LogP contribution in [0.3, 0.4) is 0 Å². The zero-order valence-electron chi connectivity index (χ0n) is 16.8. The quantitative estimate of drug-likeness (QED) is 0.613. The number of hydrogen-bond acceptors (Lipinski definition) is 4. The molecule has 1 unspecified atom stereocenters. The van der Waals surface area contributed by atoms with Gasteiger partial charge in [-0.1, -0.05) is 6.07 Å². The van der Waals surface area contributed by atoms with E-state index < -0.39 is 18.4 Å². The van der Waals surface area contributed by atoms with Gasteiger partial charge in [-0.3, -0.25) is 19.0 Å². The van der Waals surface area contributed by atoms with E-state index in [0.717, 1.165) is 0 Å². The van der Waals surface area contributed by atoms with Gasteiger partial charge in [-0.25, -0.2) is 8.78 Å². The van der Waals surface area contributed by atoms with Crippen LogP contribution < -0.4 is 10.6 Å². The van der Waals surface area contributed by atoms with Gasteiger partial charge < -0.3 is 10.6 Å². The van der Waals surface area contributed by atoms with Gasteiger partial charge in [0.15, 0.2) is 0 Å². The molecular formula is C20H22F2N6O2. The summed E-state index contributed by atoms with van der Waals surface area (Å²) in [6, 6.07) is 8.72. The van der Waals surface area contributed by atoms with Crippen molar-refractivity contribution in [2.24, 2.45) is 0 Å². The number of carbonyl (C=O) groups excluding carboxylic acids is 2. The van der Waals surface area contributed by atoms with Crippen LogP contribution in [0.15, 0.2) is 42.6 Å². The molecule has 0 aliphatic carbocycles. The summed E-state index contributed by atoms with van der Waals surface area (Å²) in [6.07, 6.45) is -1.16. The number of anilines is 2. The minimum atomic E-state index is -2.70. The Labute approximate surface area is 171 Å². The number of benzene rings is 1. The first kappa shape index (κ1) is 21.2. The van der Waals surface area contributed by atoms with Crippen LogP contribution in [0.4, 0.5) is 20.2 Å². The molecule has 2 aromatic heterocycles. The Morgan fingerprint density at radius 1 is 1.13 bits per heavy atom. The summed E-state index contributed by atoms with van der Waals surface area (Å²) < 4.78 is 28.5. The second kappa shape index (κ2) is 8.85. The molecular weight excluding hydrogens is 394 g/mol. The zero-order chi connectivity index (χ0) is 21.8. The number of carbonyl (C=O) groups is 2. The van der Waals surface area contributed by atoms with Crippen molar-refractivity contribution in [3.8, 4) is 0 Å². The number of nitrogens with one attached hydrogen (secondary N) is 2. The highest BCUT2D eigenvalue weighted by Gasteiger charge is 2.21. The first-order valence-electron chi connectivity index (χ1n) is 9.38. The van der Waals surface area contributed by atoms with Gasteiger partial charge in [0.25, 0.3) is 12.3 Å². The van der Waals surface area contributed by atoms with E-state index in [-0.39, 0.29) is 11.6 Å². The van der Waals surface area contributed by atoms with Crippen molar-refractivity contribution in [3.63, 3.8) is 0 Å². The van der Waals surface area contributed by atoms with E-state index in [1.165, 1.54) is 10.7 Å². The molecule has 1 atom stereocenters. The second-order valence-corrected chi connectivity index (χ2v) is 6.69. The molecule has 0 saturated carbocycles. The third-order valence-corrected chi connectivity index (χ3v) is 4.55. The molecule has 158 valence electrons. The Hall–Kier alpha value is -3.56. The number of amides is 2. The van der Waals surface area contributed by atoms with Crippen molar-refractivity contribution in [2.75, 3.05) is 10.6 Å². The normalized spacial score (nSPS) is 12.1. The highest BCUT2D eigenvalue weighted by Crippen LogP contribution is 2.22. The average Bonchev–Trinajstić information content (AvgIpc) is 3.34. The topological polar surface area (TPSA) is 93.8 Å². The molecule has 0 spiro atoms. The summed E-state index contributed by atoms with van der Waals surface area (Å²) in [5.41, 5.74) is 1.45. The summed E-state index contributed by atoms with van der Waals surface area (Å²) in [5, 5.41) is 13.4. The molecule has 1 aromatic carbocycles. The molecule has 8 nitrogen and oxygen atoms in total. The SMILES string of the molecule is CCn1nccc1C(=O)Nc1cccc(NC(=O)C(C)n2nc(C(F)F)cc2C)c1. The maximum atomic E-state index is 12.9. The van der Waals surface area contributed by atoms with E-state index in [0.29, 0.717) is 29.3 Å². The summed E-state index contributed by atoms with van der Waals surface area (Å²) in [6.45, 7) is 5.62. The standard InChI is InChI=1S/C20H22F2N6O2/c1-4-27-17(8-9-23-27)20(30)25-15-7-5-6-14(11-15)24-19(29)13(3)28-12(2)10-16(26-28)18(21)22/h5-11,13,18H,4H2,1-3H3,(H,24,29)(H,25,30). The number of alkyl halides is 2. The van der Waals surface area contributed by atoms with E-state index in [4.69, 9.17) is 0 Å². The van der Waals surface area contributed by atoms with Crippen LogP contribution in [0.2, 0.25) is 0 Å². The van der Waals surface area contributed by atoms with E-state index in [2.05, 4.69) is 20.8 Å². The molecule has 10 heteroatoms. The number of halogens is 2. The number of aryl methyl sites for hydroxylation is 2. The van der Waals surface area contributed by atoms with Crippen molar-refractivity contribution in [2.45, 2.75) is 39.8 Å². The van der Waals surface area contributed by atoms with Crippen LogP contribution >= 0.6 is 0 Å². The third kappa shape index (κ3) is 4.53. The smallest absolute Gasteiger partial charge is 0.282 e. The highest BCUT2D eigenvalue weighted by atomic mass is 19.3. The maximum Gasteiger partial charge on any atom is 0.282 e. The molecule has 0 saturated heterocycles. The first-order chi connectivity index (χ1) is 14.3. The van der Waals surface area contributed by atoms with Gasteiger partial charge in [0.1, 0.15) is 17.4 Å². The Kier molecular flexibility index (Phi) is 6.24. The summed E-state index contributed by atoms with van der Waals surface area (Å²) in [4.78, 5) is 25.0. The van der Waals surface area contributed by atoms with E-state index in [9.17, 15) is 18.4 Å². The molecule has 0 aliphatic rings. The Morgan fingerprint density at radius 3 is 2.47 bits per heavy atom. The van der Waals surface area contributed by atoms with Gasteiger partial charge in [-0.15, -0.1) is 0 Å². The zero-order valence-corrected chi connectivity index (χ0v) is 16.8. The van der Waals surface area contributed by atoms with Crippen LogP contribution in [0.25, 0.3) is 0 Å². The number of aromatic nitrogens is 4. The van der Waals surface area contributed by atoms with Gasteiger partial charge >= 0.3 is 0 Å². The molecule has 3 rings (SSSR count). The fourth-order valence-electron chi connectivity index (χ4n) is 3.02. The lowest BCUT2D eigenvalue weighted by Crippen LogP contribution is -2.25. The molecule has 2 N–H and O–H groups in total. The second-order valence-electron chi connectivity index (χ2n) is 6.69. The molecule has 3 aromatic rings. The average molecular weight is 416 g/mol. The lowest BCUT2D eigenvalue weighted by atomic mass is 10.2. The highest BCUT2D eigenvalue weighted by molar-refractivity contribution is 6.03. The third-order valence-electron chi connectivity index (χ3n) is 4.55. The van der Waals surface area contributed by atoms with E-state index in [1.54, 1.807) is 55.1 Å². The van der Waals surface area contributed by atoms with Crippen LogP contribution in [0.1, 0.15) is 48.2 Å². The lowest BCUT2D eigenvalue weighted by molar-refractivity contribution is -0.119. The van der Waals surface area contributed by atoms with Crippen LogP contribution in [-0.4, -0.2) is 31.4 Å². The molecule has 0 radical (unpaired) electrons. The Morgan fingerprint density at radius 2 is 1.83 bits per heavy atom. The fourth-order valence-corrected chi connectivity index (χ4v) is 3.02. The van der Waals surface area contributed by atoms with Crippen molar-refractivity contribution >= 4 is 23.2 Å². The molecule has 0 aliphatic heterocycles. The van der Waals surface area contributed by atoms with Crippen LogP contribution in [0.5, 0.6) is 0 Å². The first-order valence-corrected chi connectivity index (χ1v) is 9.38. The van der Waals surface area contributed by atoms with Crippen LogP contribution in [0, 0.1) is 6.92 Å². The number of nitrogens with zero attached hydrogens (tertiary/aromatic N) is 4. The minimum absolute atomic E-state index is 0.321. The van der Waals surface area contributed by atoms with Gasteiger partial charge in [-0.05, 0) is 51.1 Å². The monoisotopic (exact) mass is 416 g/mol. The van der Waals surface area contributed by atoms with Gasteiger partial charge in [-0.2, -0.15) is 10.2 Å². The molecule has 0 bridgehead atoms. The predicted molar refractivity (Wildman–Crippen MR) is 108 cm³/mol. The van der Waals surface area contributed by atoms with E-state index in [1.807, 2.05) is 6.92 Å². The molecule has 0 fully saturated rings. The van der Waals surface area contributed by atoms with Crippen LogP contribution in [-0.2, 0) is 11.3 Å². The molecule has 2 heterocycles. The molecule has 2 amide bonds. The number of rotatable bonds is 7. The predicted octanol–water partition coefficient (Wildman–Crippen LogP) is 3.80. The summed E-state index contributed by atoms with van der Waals surface area (Å²) >= 11 is 0. The summed E-state index contributed by atoms with van der Waals surface area (Å²) in [5.74, 6) is -0.743. The minimum Gasteiger partial charge on any atom is -0.324 e. The van der Waals surface area contributed by atoms with Crippen molar-refractivity contribution in [1.29, 1.82) is 0 Å². The molecule has 30 heavy (non-hydrogen) atoms. The van der Waals surface area contributed by atoms with Gasteiger partial charge in [0.05, 0.1) is 0 Å². The fraction of sp³-hybridized carbons (Fsp3) is 0.300. The van der Waals surface area contributed by atoms with Crippen molar-refractivity contribution in [3.05, 3.63) is 59.7 Å². The summed E-state index contributed by atoms with van der Waals surface area (Å²) in [7, 11) is 0. The van der Waals surface area contributed by atoms with Crippen molar-refractivity contribution in [1.82, 2.24) is 19.6 Å².